The van der Waals surface area contributed by atoms with Crippen LogP contribution in [0.25, 0.3) is 22.2 Å². The van der Waals surface area contributed by atoms with Gasteiger partial charge in [0.2, 0.25) is 0 Å². The molecule has 0 saturated heterocycles. The van der Waals surface area contributed by atoms with E-state index in [1.165, 1.54) is 29.7 Å². The summed E-state index contributed by atoms with van der Waals surface area (Å²) in [5.74, 6) is 1.86. The van der Waals surface area contributed by atoms with Crippen LogP contribution in [0.5, 0.6) is 0 Å². The molecule has 21 heavy (non-hydrogen) atoms. The van der Waals surface area contributed by atoms with Gasteiger partial charge in [0.05, 0.1) is 17.6 Å². The smallest absolute Gasteiger partial charge is 0.112 e. The molecule has 1 aliphatic rings. The van der Waals surface area contributed by atoms with E-state index in [4.69, 9.17) is 10.1 Å². The van der Waals surface area contributed by atoms with E-state index in [1.807, 2.05) is 12.1 Å². The van der Waals surface area contributed by atoms with Crippen LogP contribution >= 0.6 is 0 Å². The van der Waals surface area contributed by atoms with E-state index in [0.717, 1.165) is 16.6 Å². The van der Waals surface area contributed by atoms with Gasteiger partial charge in [0.1, 0.15) is 5.82 Å². The van der Waals surface area contributed by atoms with Crippen molar-refractivity contribution < 1.29 is 5.11 Å². The number of aliphatic hydroxyl groups excluding tert-OH is 1. The van der Waals surface area contributed by atoms with Crippen molar-refractivity contribution in [3.63, 3.8) is 0 Å². The number of hydrogen-bond donors (Lipinski definition) is 1. The summed E-state index contributed by atoms with van der Waals surface area (Å²) in [6.45, 7) is 0.0832. The first-order valence-corrected chi connectivity index (χ1v) is 7.43. The SMILES string of the molecule is Cn1c(C2CC2)nc2c(-c3ccc(CO)cc3)cccc21. The van der Waals surface area contributed by atoms with Crippen molar-refractivity contribution in [1.29, 1.82) is 0 Å². The maximum Gasteiger partial charge on any atom is 0.112 e. The number of fused-ring (bicyclic) bond motifs is 1. The number of imidazole rings is 1. The summed E-state index contributed by atoms with van der Waals surface area (Å²) in [6, 6.07) is 14.4. The summed E-state index contributed by atoms with van der Waals surface area (Å²) in [7, 11) is 2.11. The number of nitrogens with zero attached hydrogens (tertiary/aromatic N) is 2. The number of benzene rings is 2. The monoisotopic (exact) mass is 278 g/mol. The van der Waals surface area contributed by atoms with Gasteiger partial charge in [0.15, 0.2) is 0 Å². The highest BCUT2D eigenvalue weighted by Crippen LogP contribution is 2.41. The second-order valence-electron chi connectivity index (χ2n) is 5.83. The molecule has 1 N–H and O–H groups in total. The molecule has 1 aliphatic carbocycles. The van der Waals surface area contributed by atoms with Gasteiger partial charge in [-0.1, -0.05) is 36.4 Å². The van der Waals surface area contributed by atoms with Crippen LogP contribution in [0.1, 0.15) is 30.1 Å². The summed E-state index contributed by atoms with van der Waals surface area (Å²) >= 11 is 0. The Morgan fingerprint density at radius 2 is 1.90 bits per heavy atom. The average molecular weight is 278 g/mol. The Bertz CT molecular complexity index is 798. The molecule has 1 heterocycles. The first-order chi connectivity index (χ1) is 10.3. The Morgan fingerprint density at radius 3 is 2.57 bits per heavy atom. The fourth-order valence-electron chi connectivity index (χ4n) is 2.96. The number of aryl methyl sites for hydroxylation is 1. The second-order valence-corrected chi connectivity index (χ2v) is 5.83. The highest BCUT2D eigenvalue weighted by Gasteiger charge is 2.29. The molecule has 0 aliphatic heterocycles. The fraction of sp³-hybridized carbons (Fsp3) is 0.278. The van der Waals surface area contributed by atoms with E-state index in [2.05, 4.69) is 41.9 Å². The van der Waals surface area contributed by atoms with E-state index in [-0.39, 0.29) is 6.61 Å². The lowest BCUT2D eigenvalue weighted by molar-refractivity contribution is 0.282. The maximum atomic E-state index is 9.16. The van der Waals surface area contributed by atoms with Crippen LogP contribution in [0, 0.1) is 0 Å². The maximum absolute atomic E-state index is 9.16. The molecular weight excluding hydrogens is 260 g/mol. The number of aliphatic hydroxyl groups is 1. The summed E-state index contributed by atoms with van der Waals surface area (Å²) in [5, 5.41) is 9.16. The fourth-order valence-corrected chi connectivity index (χ4v) is 2.96. The first-order valence-electron chi connectivity index (χ1n) is 7.43. The van der Waals surface area contributed by atoms with Crippen molar-refractivity contribution in [1.82, 2.24) is 9.55 Å². The van der Waals surface area contributed by atoms with E-state index in [1.54, 1.807) is 0 Å². The molecule has 0 spiro atoms. The molecule has 3 aromatic rings. The third kappa shape index (κ3) is 2.05. The van der Waals surface area contributed by atoms with Crippen molar-refractivity contribution >= 4 is 11.0 Å². The molecule has 3 heteroatoms. The summed E-state index contributed by atoms with van der Waals surface area (Å²) in [5.41, 5.74) is 5.53. The number of para-hydroxylation sites is 1. The molecule has 2 aromatic carbocycles. The standard InChI is InChI=1S/C18H18N2O/c1-20-16-4-2-3-15(13-7-5-12(11-21)6-8-13)17(16)19-18(20)14-9-10-14/h2-8,14,21H,9-11H2,1H3. The van der Waals surface area contributed by atoms with Crippen molar-refractivity contribution in [2.24, 2.45) is 7.05 Å². The Balaban J connectivity index is 1.89. The normalized spacial score (nSPS) is 14.8. The van der Waals surface area contributed by atoms with Gasteiger partial charge in [-0.25, -0.2) is 4.98 Å². The molecule has 1 aromatic heterocycles. The van der Waals surface area contributed by atoms with Crippen LogP contribution < -0.4 is 0 Å². The van der Waals surface area contributed by atoms with Gasteiger partial charge in [-0.15, -0.1) is 0 Å². The van der Waals surface area contributed by atoms with Crippen molar-refractivity contribution in [2.75, 3.05) is 0 Å². The topological polar surface area (TPSA) is 38.0 Å². The van der Waals surface area contributed by atoms with Crippen LogP contribution in [0.4, 0.5) is 0 Å². The van der Waals surface area contributed by atoms with Crippen LogP contribution in [0.15, 0.2) is 42.5 Å². The van der Waals surface area contributed by atoms with Crippen LogP contribution in [0.2, 0.25) is 0 Å². The van der Waals surface area contributed by atoms with E-state index >= 15 is 0 Å². The van der Waals surface area contributed by atoms with Gasteiger partial charge in [-0.2, -0.15) is 0 Å². The molecule has 0 radical (unpaired) electrons. The minimum absolute atomic E-state index is 0.0832. The molecule has 0 atom stereocenters. The predicted octanol–water partition coefficient (Wildman–Crippen LogP) is 3.61. The minimum Gasteiger partial charge on any atom is -0.392 e. The zero-order chi connectivity index (χ0) is 14.4. The highest BCUT2D eigenvalue weighted by atomic mass is 16.3. The molecule has 0 amide bonds. The Morgan fingerprint density at radius 1 is 1.14 bits per heavy atom. The van der Waals surface area contributed by atoms with Gasteiger partial charge in [-0.3, -0.25) is 0 Å². The lowest BCUT2D eigenvalue weighted by Crippen LogP contribution is -1.94. The molecule has 0 bridgehead atoms. The highest BCUT2D eigenvalue weighted by molar-refractivity contribution is 5.92. The van der Waals surface area contributed by atoms with Crippen molar-refractivity contribution in [2.45, 2.75) is 25.4 Å². The quantitative estimate of drug-likeness (QED) is 0.794. The van der Waals surface area contributed by atoms with Gasteiger partial charge < -0.3 is 9.67 Å². The summed E-state index contributed by atoms with van der Waals surface area (Å²) in [4.78, 5) is 4.91. The molecule has 4 rings (SSSR count). The molecular formula is C18H18N2O. The van der Waals surface area contributed by atoms with Gasteiger partial charge >= 0.3 is 0 Å². The zero-order valence-corrected chi connectivity index (χ0v) is 12.1. The first kappa shape index (κ1) is 12.6. The van der Waals surface area contributed by atoms with E-state index < -0.39 is 0 Å². The zero-order valence-electron chi connectivity index (χ0n) is 12.1. The van der Waals surface area contributed by atoms with Crippen LogP contribution in [0.3, 0.4) is 0 Å². The number of rotatable bonds is 3. The largest absolute Gasteiger partial charge is 0.392 e. The molecule has 106 valence electrons. The number of hydrogen-bond acceptors (Lipinski definition) is 2. The Hall–Kier alpha value is -2.13. The molecule has 1 saturated carbocycles. The van der Waals surface area contributed by atoms with Crippen molar-refractivity contribution in [3.05, 3.63) is 53.9 Å². The third-order valence-corrected chi connectivity index (χ3v) is 4.34. The lowest BCUT2D eigenvalue weighted by atomic mass is 10.0. The molecule has 1 fully saturated rings. The number of aromatic nitrogens is 2. The Labute approximate surface area is 123 Å². The van der Waals surface area contributed by atoms with Crippen LogP contribution in [-0.4, -0.2) is 14.7 Å². The second kappa shape index (κ2) is 4.71. The summed E-state index contributed by atoms with van der Waals surface area (Å²) < 4.78 is 2.23. The Kier molecular flexibility index (Phi) is 2.82. The average Bonchev–Trinajstić information content (AvgIpc) is 3.32. The van der Waals surface area contributed by atoms with E-state index in [9.17, 15) is 0 Å². The predicted molar refractivity (Wildman–Crippen MR) is 84.0 cm³/mol. The van der Waals surface area contributed by atoms with Crippen molar-refractivity contribution in [3.8, 4) is 11.1 Å². The third-order valence-electron chi connectivity index (χ3n) is 4.34. The van der Waals surface area contributed by atoms with Gasteiger partial charge in [0, 0.05) is 18.5 Å². The van der Waals surface area contributed by atoms with Gasteiger partial charge in [0.25, 0.3) is 0 Å². The van der Waals surface area contributed by atoms with Gasteiger partial charge in [-0.05, 0) is 30.0 Å². The minimum atomic E-state index is 0.0832. The van der Waals surface area contributed by atoms with Crippen LogP contribution in [-0.2, 0) is 13.7 Å². The molecule has 0 unspecified atom stereocenters. The lowest BCUT2D eigenvalue weighted by Gasteiger charge is -2.04. The summed E-state index contributed by atoms with van der Waals surface area (Å²) in [6.07, 6.45) is 2.52. The van der Waals surface area contributed by atoms with E-state index in [0.29, 0.717) is 5.92 Å². The molecule has 3 nitrogen and oxygen atoms in total.